The lowest BCUT2D eigenvalue weighted by molar-refractivity contribution is 0.0694. The van der Waals surface area contributed by atoms with E-state index in [0.717, 1.165) is 10.5 Å². The van der Waals surface area contributed by atoms with E-state index in [1.807, 2.05) is 61.7 Å². The third kappa shape index (κ3) is 3.14. The Morgan fingerprint density at radius 1 is 1.15 bits per heavy atom. The fourth-order valence-corrected chi connectivity index (χ4v) is 2.72. The molecule has 3 nitrogen and oxygen atoms in total. The molecule has 2 N–H and O–H groups in total. The molecule has 104 valence electrons. The summed E-state index contributed by atoms with van der Waals surface area (Å²) in [5, 5.41) is 12.7. The van der Waals surface area contributed by atoms with Crippen molar-refractivity contribution in [1.82, 2.24) is 0 Å². The van der Waals surface area contributed by atoms with Crippen molar-refractivity contribution in [2.24, 2.45) is 0 Å². The van der Waals surface area contributed by atoms with Crippen LogP contribution in [0, 0.1) is 0 Å². The van der Waals surface area contributed by atoms with Crippen molar-refractivity contribution in [2.45, 2.75) is 17.9 Å². The zero-order chi connectivity index (χ0) is 14.5. The van der Waals surface area contributed by atoms with Crippen LogP contribution in [0.4, 0.5) is 5.69 Å². The van der Waals surface area contributed by atoms with Gasteiger partial charge in [0.2, 0.25) is 0 Å². The van der Waals surface area contributed by atoms with E-state index in [9.17, 15) is 9.90 Å². The third-order valence-corrected chi connectivity index (χ3v) is 3.91. The van der Waals surface area contributed by atoms with Gasteiger partial charge in [0.15, 0.2) is 0 Å². The number of thioether (sulfide) groups is 1. The highest BCUT2D eigenvalue weighted by Gasteiger charge is 2.16. The minimum atomic E-state index is -0.905. The molecule has 1 atom stereocenters. The van der Waals surface area contributed by atoms with E-state index >= 15 is 0 Å². The standard InChI is InChI=1S/C16H17NO2S/c1-11(12-7-4-3-5-8-12)17-13-9-6-10-14(20-2)15(13)16(18)19/h3-11,17H,1-2H3,(H,18,19). The Kier molecular flexibility index (Phi) is 4.69. The minimum absolute atomic E-state index is 0.0476. The van der Waals surface area contributed by atoms with Gasteiger partial charge in [-0.2, -0.15) is 0 Å². The first kappa shape index (κ1) is 14.5. The van der Waals surface area contributed by atoms with Crippen LogP contribution in [-0.2, 0) is 0 Å². The fourth-order valence-electron chi connectivity index (χ4n) is 2.10. The molecular weight excluding hydrogens is 270 g/mol. The van der Waals surface area contributed by atoms with Crippen molar-refractivity contribution >= 4 is 23.4 Å². The zero-order valence-electron chi connectivity index (χ0n) is 11.5. The Morgan fingerprint density at radius 3 is 2.45 bits per heavy atom. The average Bonchev–Trinajstić information content (AvgIpc) is 2.47. The van der Waals surface area contributed by atoms with Gasteiger partial charge in [0.05, 0.1) is 11.3 Å². The Balaban J connectivity index is 2.32. The van der Waals surface area contributed by atoms with Crippen LogP contribution in [-0.4, -0.2) is 17.3 Å². The second-order valence-corrected chi connectivity index (χ2v) is 5.31. The molecular formula is C16H17NO2S. The maximum absolute atomic E-state index is 11.5. The summed E-state index contributed by atoms with van der Waals surface area (Å²) in [6.07, 6.45) is 1.88. The van der Waals surface area contributed by atoms with E-state index in [2.05, 4.69) is 5.32 Å². The largest absolute Gasteiger partial charge is 0.478 e. The van der Waals surface area contributed by atoms with Crippen molar-refractivity contribution in [3.05, 3.63) is 59.7 Å². The van der Waals surface area contributed by atoms with Gasteiger partial charge in [-0.3, -0.25) is 0 Å². The molecule has 1 unspecified atom stereocenters. The van der Waals surface area contributed by atoms with Crippen LogP contribution in [0.25, 0.3) is 0 Å². The van der Waals surface area contributed by atoms with Crippen molar-refractivity contribution < 1.29 is 9.90 Å². The molecule has 0 aliphatic rings. The second kappa shape index (κ2) is 6.48. The maximum atomic E-state index is 11.5. The molecule has 2 aromatic carbocycles. The van der Waals surface area contributed by atoms with Gasteiger partial charge in [-0.25, -0.2) is 4.79 Å². The van der Waals surface area contributed by atoms with Gasteiger partial charge >= 0.3 is 5.97 Å². The molecule has 20 heavy (non-hydrogen) atoms. The summed E-state index contributed by atoms with van der Waals surface area (Å²) in [4.78, 5) is 12.2. The number of anilines is 1. The van der Waals surface area contributed by atoms with E-state index in [-0.39, 0.29) is 6.04 Å². The van der Waals surface area contributed by atoms with Crippen molar-refractivity contribution in [3.63, 3.8) is 0 Å². The predicted octanol–water partition coefficient (Wildman–Crippen LogP) is 4.28. The predicted molar refractivity (Wildman–Crippen MR) is 83.7 cm³/mol. The molecule has 0 radical (unpaired) electrons. The van der Waals surface area contributed by atoms with Gasteiger partial charge in [0, 0.05) is 10.9 Å². The van der Waals surface area contributed by atoms with Gasteiger partial charge in [-0.05, 0) is 30.9 Å². The lowest BCUT2D eigenvalue weighted by Crippen LogP contribution is -2.11. The number of carbonyl (C=O) groups is 1. The van der Waals surface area contributed by atoms with Crippen molar-refractivity contribution in [3.8, 4) is 0 Å². The number of carboxylic acid groups (broad SMARTS) is 1. The maximum Gasteiger partial charge on any atom is 0.338 e. The summed E-state index contributed by atoms with van der Waals surface area (Å²) in [7, 11) is 0. The minimum Gasteiger partial charge on any atom is -0.478 e. The summed E-state index contributed by atoms with van der Waals surface area (Å²) in [6.45, 7) is 2.02. The van der Waals surface area contributed by atoms with E-state index < -0.39 is 5.97 Å². The highest BCUT2D eigenvalue weighted by Crippen LogP contribution is 2.29. The summed E-state index contributed by atoms with van der Waals surface area (Å²) in [6, 6.07) is 15.5. The molecule has 2 rings (SSSR count). The quantitative estimate of drug-likeness (QED) is 0.806. The summed E-state index contributed by atoms with van der Waals surface area (Å²) in [5.74, 6) is -0.905. The van der Waals surface area contributed by atoms with Crippen LogP contribution in [0.1, 0.15) is 28.9 Å². The molecule has 0 saturated heterocycles. The first-order valence-electron chi connectivity index (χ1n) is 6.35. The topological polar surface area (TPSA) is 49.3 Å². The number of nitrogens with one attached hydrogen (secondary N) is 1. The fraction of sp³-hybridized carbons (Fsp3) is 0.188. The highest BCUT2D eigenvalue weighted by atomic mass is 32.2. The Bertz CT molecular complexity index is 599. The van der Waals surface area contributed by atoms with E-state index in [4.69, 9.17) is 0 Å². The summed E-state index contributed by atoms with van der Waals surface area (Å²) >= 11 is 1.44. The molecule has 0 bridgehead atoms. The number of hydrogen-bond donors (Lipinski definition) is 2. The summed E-state index contributed by atoms with van der Waals surface area (Å²) in [5.41, 5.74) is 2.11. The third-order valence-electron chi connectivity index (χ3n) is 3.13. The normalized spacial score (nSPS) is 11.9. The molecule has 0 aliphatic heterocycles. The van der Waals surface area contributed by atoms with Crippen LogP contribution in [0.2, 0.25) is 0 Å². The zero-order valence-corrected chi connectivity index (χ0v) is 12.3. The molecule has 0 aromatic heterocycles. The molecule has 4 heteroatoms. The number of hydrogen-bond acceptors (Lipinski definition) is 3. The molecule has 0 aliphatic carbocycles. The lowest BCUT2D eigenvalue weighted by Gasteiger charge is -2.18. The number of rotatable bonds is 5. The van der Waals surface area contributed by atoms with Crippen LogP contribution in [0.5, 0.6) is 0 Å². The number of benzene rings is 2. The Hall–Kier alpha value is -1.94. The smallest absolute Gasteiger partial charge is 0.338 e. The van der Waals surface area contributed by atoms with E-state index in [1.54, 1.807) is 0 Å². The van der Waals surface area contributed by atoms with Gasteiger partial charge in [0.1, 0.15) is 0 Å². The van der Waals surface area contributed by atoms with Crippen LogP contribution >= 0.6 is 11.8 Å². The van der Waals surface area contributed by atoms with Crippen molar-refractivity contribution in [1.29, 1.82) is 0 Å². The molecule has 0 fully saturated rings. The van der Waals surface area contributed by atoms with E-state index in [1.165, 1.54) is 11.8 Å². The second-order valence-electron chi connectivity index (χ2n) is 4.46. The van der Waals surface area contributed by atoms with E-state index in [0.29, 0.717) is 11.3 Å². The average molecular weight is 287 g/mol. The first-order chi connectivity index (χ1) is 9.63. The van der Waals surface area contributed by atoms with Gasteiger partial charge in [-0.1, -0.05) is 36.4 Å². The molecule has 0 amide bonds. The van der Waals surface area contributed by atoms with Crippen LogP contribution in [0.3, 0.4) is 0 Å². The summed E-state index contributed by atoms with van der Waals surface area (Å²) < 4.78 is 0. The first-order valence-corrected chi connectivity index (χ1v) is 7.57. The van der Waals surface area contributed by atoms with Gasteiger partial charge in [0.25, 0.3) is 0 Å². The Morgan fingerprint density at radius 2 is 1.85 bits per heavy atom. The molecule has 0 spiro atoms. The Labute approximate surface area is 123 Å². The SMILES string of the molecule is CSc1cccc(NC(C)c2ccccc2)c1C(=O)O. The van der Waals surface area contributed by atoms with Crippen LogP contribution in [0.15, 0.2) is 53.4 Å². The number of carboxylic acids is 1. The molecule has 0 saturated carbocycles. The number of aromatic carboxylic acids is 1. The molecule has 2 aromatic rings. The van der Waals surface area contributed by atoms with Crippen LogP contribution < -0.4 is 5.32 Å². The van der Waals surface area contributed by atoms with Crippen molar-refractivity contribution in [2.75, 3.05) is 11.6 Å². The lowest BCUT2D eigenvalue weighted by atomic mass is 10.1. The van der Waals surface area contributed by atoms with Gasteiger partial charge in [-0.15, -0.1) is 11.8 Å². The monoisotopic (exact) mass is 287 g/mol. The van der Waals surface area contributed by atoms with Gasteiger partial charge < -0.3 is 10.4 Å². The highest BCUT2D eigenvalue weighted by molar-refractivity contribution is 7.98. The molecule has 0 heterocycles.